The van der Waals surface area contributed by atoms with Gasteiger partial charge in [0, 0.05) is 11.6 Å². The third-order valence-electron chi connectivity index (χ3n) is 2.78. The number of hydrogen-bond donors (Lipinski definition) is 2. The number of amides is 1. The number of carbonyl (C=O) groups is 1. The van der Waals surface area contributed by atoms with Crippen LogP contribution in [-0.4, -0.2) is 20.4 Å². The van der Waals surface area contributed by atoms with E-state index >= 15 is 0 Å². The van der Waals surface area contributed by atoms with Crippen LogP contribution in [0.15, 0.2) is 41.3 Å². The fraction of sp³-hybridized carbons (Fsp3) is 0.357. The standard InChI is InChI=1S/C14H20N2O3S/c1-5-11(4)16-20(18,19)13-9-7-6-8-12(13)15-14(17)10(2)3/h6-9,11,16H,2,5H2,1,3-4H3,(H,15,17). The number of rotatable bonds is 6. The molecule has 0 saturated carbocycles. The van der Waals surface area contributed by atoms with Crippen molar-refractivity contribution in [1.82, 2.24) is 4.72 Å². The molecule has 1 rings (SSSR count). The van der Waals surface area contributed by atoms with Gasteiger partial charge in [0.25, 0.3) is 5.91 Å². The molecule has 6 heteroatoms. The second-order valence-corrected chi connectivity index (χ2v) is 6.34. The maximum atomic E-state index is 12.3. The molecule has 20 heavy (non-hydrogen) atoms. The molecule has 0 saturated heterocycles. The van der Waals surface area contributed by atoms with E-state index in [1.54, 1.807) is 32.0 Å². The SMILES string of the molecule is C=C(C)C(=O)Nc1ccccc1S(=O)(=O)NC(C)CC. The second kappa shape index (κ2) is 6.67. The Labute approximate surface area is 120 Å². The molecule has 1 amide bonds. The molecular weight excluding hydrogens is 276 g/mol. The number of anilines is 1. The van der Waals surface area contributed by atoms with Crippen molar-refractivity contribution in [3.05, 3.63) is 36.4 Å². The van der Waals surface area contributed by atoms with Crippen molar-refractivity contribution >= 4 is 21.6 Å². The highest BCUT2D eigenvalue weighted by molar-refractivity contribution is 7.89. The van der Waals surface area contributed by atoms with Gasteiger partial charge in [0.15, 0.2) is 0 Å². The quantitative estimate of drug-likeness (QED) is 0.791. The van der Waals surface area contributed by atoms with E-state index in [-0.39, 0.29) is 16.6 Å². The van der Waals surface area contributed by atoms with Crippen LogP contribution >= 0.6 is 0 Å². The summed E-state index contributed by atoms with van der Waals surface area (Å²) in [5, 5.41) is 2.55. The summed E-state index contributed by atoms with van der Waals surface area (Å²) in [5.41, 5.74) is 0.559. The Hall–Kier alpha value is -1.66. The largest absolute Gasteiger partial charge is 0.321 e. The summed E-state index contributed by atoms with van der Waals surface area (Å²) in [7, 11) is -3.67. The lowest BCUT2D eigenvalue weighted by atomic mass is 10.3. The lowest BCUT2D eigenvalue weighted by molar-refractivity contribution is -0.112. The summed E-state index contributed by atoms with van der Waals surface area (Å²) in [6.07, 6.45) is 0.680. The Morgan fingerprint density at radius 2 is 1.95 bits per heavy atom. The van der Waals surface area contributed by atoms with Gasteiger partial charge in [-0.1, -0.05) is 25.6 Å². The van der Waals surface area contributed by atoms with E-state index in [1.165, 1.54) is 6.07 Å². The van der Waals surface area contributed by atoms with E-state index in [0.29, 0.717) is 12.0 Å². The Kier molecular flexibility index (Phi) is 5.47. The molecule has 0 spiro atoms. The number of carbonyl (C=O) groups excluding carboxylic acids is 1. The van der Waals surface area contributed by atoms with Gasteiger partial charge in [0.2, 0.25) is 10.0 Å². The fourth-order valence-electron chi connectivity index (χ4n) is 1.44. The van der Waals surface area contributed by atoms with Gasteiger partial charge in [-0.2, -0.15) is 0 Å². The topological polar surface area (TPSA) is 75.3 Å². The van der Waals surface area contributed by atoms with Crippen LogP contribution in [0.2, 0.25) is 0 Å². The Bertz CT molecular complexity index is 609. The predicted octanol–water partition coefficient (Wildman–Crippen LogP) is 2.28. The zero-order valence-corrected chi connectivity index (χ0v) is 12.8. The minimum Gasteiger partial charge on any atom is -0.321 e. The van der Waals surface area contributed by atoms with Gasteiger partial charge in [-0.3, -0.25) is 4.79 Å². The van der Waals surface area contributed by atoms with E-state index in [2.05, 4.69) is 16.6 Å². The van der Waals surface area contributed by atoms with Crippen molar-refractivity contribution in [2.75, 3.05) is 5.32 Å². The summed E-state index contributed by atoms with van der Waals surface area (Å²) >= 11 is 0. The minimum absolute atomic E-state index is 0.0508. The summed E-state index contributed by atoms with van der Waals surface area (Å²) in [6, 6.07) is 6.10. The Morgan fingerprint density at radius 1 is 1.35 bits per heavy atom. The second-order valence-electron chi connectivity index (χ2n) is 4.66. The van der Waals surface area contributed by atoms with Crippen LogP contribution < -0.4 is 10.0 Å². The molecule has 1 aromatic carbocycles. The molecule has 1 aromatic rings. The highest BCUT2D eigenvalue weighted by Crippen LogP contribution is 2.21. The van der Waals surface area contributed by atoms with Crippen molar-refractivity contribution in [3.8, 4) is 0 Å². The van der Waals surface area contributed by atoms with Gasteiger partial charge in [-0.05, 0) is 32.4 Å². The average molecular weight is 296 g/mol. The van der Waals surface area contributed by atoms with E-state index in [4.69, 9.17) is 0 Å². The molecule has 110 valence electrons. The molecule has 0 aliphatic heterocycles. The smallest absolute Gasteiger partial charge is 0.250 e. The van der Waals surface area contributed by atoms with E-state index in [1.807, 2.05) is 6.92 Å². The fourth-order valence-corrected chi connectivity index (χ4v) is 2.93. The third kappa shape index (κ3) is 4.18. The summed E-state index contributed by atoms with van der Waals surface area (Å²) in [6.45, 7) is 8.76. The first kappa shape index (κ1) is 16.4. The van der Waals surface area contributed by atoms with Crippen LogP contribution in [0.1, 0.15) is 27.2 Å². The summed E-state index contributed by atoms with van der Waals surface area (Å²) in [4.78, 5) is 11.7. The summed E-state index contributed by atoms with van der Waals surface area (Å²) < 4.78 is 27.1. The van der Waals surface area contributed by atoms with Gasteiger partial charge in [-0.15, -0.1) is 0 Å². The monoisotopic (exact) mass is 296 g/mol. The maximum absolute atomic E-state index is 12.3. The van der Waals surface area contributed by atoms with E-state index in [9.17, 15) is 13.2 Å². The van der Waals surface area contributed by atoms with Crippen molar-refractivity contribution in [2.24, 2.45) is 0 Å². The molecule has 0 fully saturated rings. The molecule has 0 aliphatic rings. The van der Waals surface area contributed by atoms with Crippen molar-refractivity contribution in [3.63, 3.8) is 0 Å². The number of hydrogen-bond acceptors (Lipinski definition) is 3. The number of benzene rings is 1. The minimum atomic E-state index is -3.67. The summed E-state index contributed by atoms with van der Waals surface area (Å²) in [5.74, 6) is -0.406. The van der Waals surface area contributed by atoms with Crippen LogP contribution in [0, 0.1) is 0 Å². The first-order valence-corrected chi connectivity index (χ1v) is 7.84. The molecule has 1 atom stereocenters. The van der Waals surface area contributed by atoms with E-state index in [0.717, 1.165) is 0 Å². The lowest BCUT2D eigenvalue weighted by Crippen LogP contribution is -2.32. The van der Waals surface area contributed by atoms with Crippen molar-refractivity contribution in [2.45, 2.75) is 38.1 Å². The molecule has 0 aromatic heterocycles. The molecule has 2 N–H and O–H groups in total. The average Bonchev–Trinajstić information content (AvgIpc) is 2.38. The molecular formula is C14H20N2O3S. The normalized spacial score (nSPS) is 12.8. The van der Waals surface area contributed by atoms with Crippen molar-refractivity contribution in [1.29, 1.82) is 0 Å². The van der Waals surface area contributed by atoms with Gasteiger partial charge in [0.05, 0.1) is 5.69 Å². The number of sulfonamides is 1. The van der Waals surface area contributed by atoms with Gasteiger partial charge in [0.1, 0.15) is 4.90 Å². The molecule has 5 nitrogen and oxygen atoms in total. The van der Waals surface area contributed by atoms with Crippen LogP contribution in [0.3, 0.4) is 0 Å². The first-order chi connectivity index (χ1) is 9.27. The number of nitrogens with one attached hydrogen (secondary N) is 2. The first-order valence-electron chi connectivity index (χ1n) is 6.36. The molecule has 0 aliphatic carbocycles. The zero-order valence-electron chi connectivity index (χ0n) is 11.9. The van der Waals surface area contributed by atoms with Gasteiger partial charge in [-0.25, -0.2) is 13.1 Å². The van der Waals surface area contributed by atoms with Crippen LogP contribution in [-0.2, 0) is 14.8 Å². The van der Waals surface area contributed by atoms with Crippen LogP contribution in [0.4, 0.5) is 5.69 Å². The van der Waals surface area contributed by atoms with Gasteiger partial charge >= 0.3 is 0 Å². The van der Waals surface area contributed by atoms with Crippen LogP contribution in [0.5, 0.6) is 0 Å². The third-order valence-corrected chi connectivity index (χ3v) is 4.43. The highest BCUT2D eigenvalue weighted by atomic mass is 32.2. The molecule has 0 heterocycles. The number of para-hydroxylation sites is 1. The predicted molar refractivity (Wildman–Crippen MR) is 80.0 cm³/mol. The molecule has 0 bridgehead atoms. The Balaban J connectivity index is 3.13. The van der Waals surface area contributed by atoms with Crippen LogP contribution in [0.25, 0.3) is 0 Å². The van der Waals surface area contributed by atoms with Gasteiger partial charge < -0.3 is 5.32 Å². The van der Waals surface area contributed by atoms with E-state index < -0.39 is 15.9 Å². The lowest BCUT2D eigenvalue weighted by Gasteiger charge is -2.15. The maximum Gasteiger partial charge on any atom is 0.250 e. The molecule has 0 radical (unpaired) electrons. The van der Waals surface area contributed by atoms with Crippen molar-refractivity contribution < 1.29 is 13.2 Å². The highest BCUT2D eigenvalue weighted by Gasteiger charge is 2.21. The Morgan fingerprint density at radius 3 is 2.50 bits per heavy atom. The molecule has 1 unspecified atom stereocenters. The zero-order chi connectivity index (χ0) is 15.3.